The summed E-state index contributed by atoms with van der Waals surface area (Å²) in [6.07, 6.45) is -4.47. The smallest absolute Gasteiger partial charge is 0.399 e. The number of benzene rings is 2. The zero-order valence-corrected chi connectivity index (χ0v) is 15.5. The molecule has 0 aliphatic carbocycles. The van der Waals surface area contributed by atoms with Gasteiger partial charge < -0.3 is 15.6 Å². The van der Waals surface area contributed by atoms with Gasteiger partial charge in [0.15, 0.2) is 11.0 Å². The number of carbonyl (C=O) groups is 1. The molecule has 0 aliphatic rings. The van der Waals surface area contributed by atoms with Gasteiger partial charge in [0.25, 0.3) is 0 Å². The van der Waals surface area contributed by atoms with E-state index in [0.717, 1.165) is 29.5 Å². The Morgan fingerprint density at radius 2 is 1.89 bits per heavy atom. The van der Waals surface area contributed by atoms with Gasteiger partial charge in [-0.2, -0.15) is 13.2 Å². The van der Waals surface area contributed by atoms with Gasteiger partial charge in [0.1, 0.15) is 0 Å². The summed E-state index contributed by atoms with van der Waals surface area (Å²) in [5, 5.41) is 11.1. The molecule has 1 amide bonds. The molecule has 10 heteroatoms. The van der Waals surface area contributed by atoms with Crippen LogP contribution in [-0.4, -0.2) is 26.4 Å². The Bertz CT molecular complexity index is 986. The van der Waals surface area contributed by atoms with Crippen molar-refractivity contribution in [2.45, 2.75) is 11.3 Å². The van der Waals surface area contributed by atoms with Gasteiger partial charge in [-0.3, -0.25) is 4.79 Å². The second-order valence-electron chi connectivity index (χ2n) is 5.90. The molecule has 3 rings (SSSR count). The number of amides is 1. The van der Waals surface area contributed by atoms with Crippen molar-refractivity contribution in [3.63, 3.8) is 0 Å². The summed E-state index contributed by atoms with van der Waals surface area (Å²) in [5.74, 6) is 0.145. The predicted molar refractivity (Wildman–Crippen MR) is 102 cm³/mol. The third-order valence-electron chi connectivity index (χ3n) is 3.81. The lowest BCUT2D eigenvalue weighted by atomic mass is 10.2. The third-order valence-corrected chi connectivity index (χ3v) is 4.83. The second kappa shape index (κ2) is 7.93. The van der Waals surface area contributed by atoms with Crippen LogP contribution in [-0.2, 0) is 18.0 Å². The molecular weight excluding hydrogens is 391 g/mol. The SMILES string of the molecule is Cn1c(SCC(=O)Nc2cccc(C(F)(F)F)c2)nnc1-c1ccc(N)cc1. The molecule has 3 aromatic rings. The van der Waals surface area contributed by atoms with E-state index in [-0.39, 0.29) is 11.4 Å². The van der Waals surface area contributed by atoms with E-state index in [1.54, 1.807) is 23.7 Å². The van der Waals surface area contributed by atoms with E-state index in [0.29, 0.717) is 16.7 Å². The monoisotopic (exact) mass is 407 g/mol. The van der Waals surface area contributed by atoms with Crippen LogP contribution < -0.4 is 11.1 Å². The molecule has 0 radical (unpaired) electrons. The van der Waals surface area contributed by atoms with Crippen molar-refractivity contribution in [3.05, 3.63) is 54.1 Å². The summed E-state index contributed by atoms with van der Waals surface area (Å²) in [5.41, 5.74) is 6.39. The number of nitrogens with zero attached hydrogens (tertiary/aromatic N) is 3. The van der Waals surface area contributed by atoms with Gasteiger partial charge in [0, 0.05) is 24.0 Å². The first-order valence-corrected chi connectivity index (χ1v) is 9.08. The number of carbonyl (C=O) groups excluding carboxylic acids is 1. The lowest BCUT2D eigenvalue weighted by molar-refractivity contribution is -0.137. The van der Waals surface area contributed by atoms with Crippen LogP contribution in [0.15, 0.2) is 53.7 Å². The highest BCUT2D eigenvalue weighted by Crippen LogP contribution is 2.30. The van der Waals surface area contributed by atoms with Crippen LogP contribution in [0.2, 0.25) is 0 Å². The Kier molecular flexibility index (Phi) is 5.59. The van der Waals surface area contributed by atoms with Crippen molar-refractivity contribution in [2.24, 2.45) is 7.05 Å². The van der Waals surface area contributed by atoms with Crippen molar-refractivity contribution < 1.29 is 18.0 Å². The maximum atomic E-state index is 12.7. The molecule has 0 bridgehead atoms. The largest absolute Gasteiger partial charge is 0.416 e. The van der Waals surface area contributed by atoms with Crippen molar-refractivity contribution >= 4 is 29.0 Å². The number of aromatic nitrogens is 3. The summed E-state index contributed by atoms with van der Waals surface area (Å²) in [7, 11) is 1.76. The van der Waals surface area contributed by atoms with Crippen LogP contribution >= 0.6 is 11.8 Å². The molecule has 0 spiro atoms. The lowest BCUT2D eigenvalue weighted by Gasteiger charge is -2.09. The molecule has 3 N–H and O–H groups in total. The molecule has 0 atom stereocenters. The summed E-state index contributed by atoms with van der Waals surface area (Å²) >= 11 is 1.13. The number of nitrogens with two attached hydrogens (primary N) is 1. The number of nitrogen functional groups attached to an aromatic ring is 1. The van der Waals surface area contributed by atoms with Gasteiger partial charge in [-0.25, -0.2) is 0 Å². The van der Waals surface area contributed by atoms with E-state index < -0.39 is 17.6 Å². The van der Waals surface area contributed by atoms with Crippen LogP contribution in [0.5, 0.6) is 0 Å². The Balaban J connectivity index is 1.63. The number of nitrogens with one attached hydrogen (secondary N) is 1. The lowest BCUT2D eigenvalue weighted by Crippen LogP contribution is -2.15. The highest BCUT2D eigenvalue weighted by molar-refractivity contribution is 7.99. The molecular formula is C18H16F3N5OS. The molecule has 1 aromatic heterocycles. The van der Waals surface area contributed by atoms with Crippen molar-refractivity contribution in [2.75, 3.05) is 16.8 Å². The van der Waals surface area contributed by atoms with E-state index in [1.165, 1.54) is 12.1 Å². The van der Waals surface area contributed by atoms with Crippen LogP contribution in [0.3, 0.4) is 0 Å². The maximum Gasteiger partial charge on any atom is 0.416 e. The number of alkyl halides is 3. The first kappa shape index (κ1) is 19.7. The summed E-state index contributed by atoms with van der Waals surface area (Å²) in [6.45, 7) is 0. The number of thioether (sulfide) groups is 1. The number of rotatable bonds is 5. The minimum atomic E-state index is -4.47. The van der Waals surface area contributed by atoms with E-state index in [9.17, 15) is 18.0 Å². The topological polar surface area (TPSA) is 85.8 Å². The third kappa shape index (κ3) is 4.63. The summed E-state index contributed by atoms with van der Waals surface area (Å²) < 4.78 is 40.0. The van der Waals surface area contributed by atoms with Crippen LogP contribution in [0.25, 0.3) is 11.4 Å². The van der Waals surface area contributed by atoms with E-state index in [4.69, 9.17) is 5.73 Å². The van der Waals surface area contributed by atoms with Crippen LogP contribution in [0.1, 0.15) is 5.56 Å². The van der Waals surface area contributed by atoms with Gasteiger partial charge in [-0.1, -0.05) is 17.8 Å². The van der Waals surface area contributed by atoms with E-state index in [1.807, 2.05) is 12.1 Å². The first-order valence-electron chi connectivity index (χ1n) is 8.09. The minimum Gasteiger partial charge on any atom is -0.399 e. The molecule has 0 saturated carbocycles. The molecule has 146 valence electrons. The molecule has 0 aliphatic heterocycles. The molecule has 0 unspecified atom stereocenters. The Morgan fingerprint density at radius 3 is 2.57 bits per heavy atom. The van der Waals surface area contributed by atoms with Crippen LogP contribution in [0.4, 0.5) is 24.5 Å². The van der Waals surface area contributed by atoms with Crippen molar-refractivity contribution in [1.29, 1.82) is 0 Å². The Hall–Kier alpha value is -3.01. The zero-order valence-electron chi connectivity index (χ0n) is 14.7. The summed E-state index contributed by atoms with van der Waals surface area (Å²) in [6, 6.07) is 11.6. The normalized spacial score (nSPS) is 11.4. The number of anilines is 2. The Morgan fingerprint density at radius 1 is 1.18 bits per heavy atom. The average molecular weight is 407 g/mol. The number of halogens is 3. The summed E-state index contributed by atoms with van der Waals surface area (Å²) in [4.78, 5) is 12.1. The average Bonchev–Trinajstić information content (AvgIpc) is 3.01. The Labute approximate surface area is 163 Å². The van der Waals surface area contributed by atoms with Crippen LogP contribution in [0, 0.1) is 0 Å². The fourth-order valence-electron chi connectivity index (χ4n) is 2.42. The first-order chi connectivity index (χ1) is 13.2. The van der Waals surface area contributed by atoms with E-state index in [2.05, 4.69) is 15.5 Å². The van der Waals surface area contributed by atoms with Gasteiger partial charge in [0.2, 0.25) is 5.91 Å². The standard InChI is InChI=1S/C18H16F3N5OS/c1-26-16(11-5-7-13(22)8-6-11)24-25-17(26)28-10-15(27)23-14-4-2-3-12(9-14)18(19,20)21/h2-9H,10,22H2,1H3,(H,23,27). The zero-order chi connectivity index (χ0) is 20.3. The highest BCUT2D eigenvalue weighted by atomic mass is 32.2. The number of hydrogen-bond donors (Lipinski definition) is 2. The van der Waals surface area contributed by atoms with Gasteiger partial charge in [0.05, 0.1) is 11.3 Å². The molecule has 2 aromatic carbocycles. The fourth-order valence-corrected chi connectivity index (χ4v) is 3.14. The van der Waals surface area contributed by atoms with Gasteiger partial charge in [-0.05, 0) is 42.5 Å². The van der Waals surface area contributed by atoms with Gasteiger partial charge >= 0.3 is 6.18 Å². The van der Waals surface area contributed by atoms with Crippen molar-refractivity contribution in [3.8, 4) is 11.4 Å². The van der Waals surface area contributed by atoms with E-state index >= 15 is 0 Å². The van der Waals surface area contributed by atoms with Gasteiger partial charge in [-0.15, -0.1) is 10.2 Å². The molecule has 1 heterocycles. The number of hydrogen-bond acceptors (Lipinski definition) is 5. The molecule has 6 nitrogen and oxygen atoms in total. The maximum absolute atomic E-state index is 12.7. The van der Waals surface area contributed by atoms with Crippen molar-refractivity contribution in [1.82, 2.24) is 14.8 Å². The molecule has 28 heavy (non-hydrogen) atoms. The quantitative estimate of drug-likeness (QED) is 0.496. The fraction of sp³-hybridized carbons (Fsp3) is 0.167. The predicted octanol–water partition coefficient (Wildman–Crippen LogP) is 3.81. The second-order valence-corrected chi connectivity index (χ2v) is 6.85. The highest BCUT2D eigenvalue weighted by Gasteiger charge is 2.30. The molecule has 0 saturated heterocycles. The minimum absolute atomic E-state index is 0.0239. The molecule has 0 fully saturated rings.